The Balaban J connectivity index is 1.33. The predicted molar refractivity (Wildman–Crippen MR) is 128 cm³/mol. The van der Waals surface area contributed by atoms with Crippen LogP contribution in [-0.2, 0) is 17.6 Å². The first kappa shape index (κ1) is 22.4. The highest BCUT2D eigenvalue weighted by Gasteiger charge is 2.32. The van der Waals surface area contributed by atoms with Gasteiger partial charge in [-0.25, -0.2) is 0 Å². The second kappa shape index (κ2) is 10.2. The van der Waals surface area contributed by atoms with E-state index in [9.17, 15) is 4.79 Å². The van der Waals surface area contributed by atoms with Crippen molar-refractivity contribution in [3.8, 4) is 5.75 Å². The predicted octanol–water partition coefficient (Wildman–Crippen LogP) is 6.16. The Morgan fingerprint density at radius 3 is 2.61 bits per heavy atom. The van der Waals surface area contributed by atoms with E-state index in [0.717, 1.165) is 62.5 Å². The van der Waals surface area contributed by atoms with Crippen molar-refractivity contribution in [3.05, 3.63) is 69.8 Å². The van der Waals surface area contributed by atoms with Crippen molar-refractivity contribution in [2.45, 2.75) is 39.0 Å². The van der Waals surface area contributed by atoms with E-state index in [1.54, 1.807) is 0 Å². The van der Waals surface area contributed by atoms with Crippen LogP contribution in [0, 0.1) is 5.92 Å². The molecule has 0 saturated carbocycles. The number of carbonyl (C=O) groups is 1. The molecule has 164 valence electrons. The van der Waals surface area contributed by atoms with E-state index in [1.165, 1.54) is 27.8 Å². The second-order valence-corrected chi connectivity index (χ2v) is 9.34. The molecule has 2 aromatic carbocycles. The number of fused-ring (bicyclic) bond motifs is 1. The van der Waals surface area contributed by atoms with Crippen molar-refractivity contribution in [1.82, 2.24) is 4.90 Å². The van der Waals surface area contributed by atoms with Gasteiger partial charge in [0.25, 0.3) is 0 Å². The maximum atomic E-state index is 11.3. The van der Waals surface area contributed by atoms with Gasteiger partial charge >= 0.3 is 0 Å². The van der Waals surface area contributed by atoms with Crippen LogP contribution in [0.1, 0.15) is 42.9 Å². The van der Waals surface area contributed by atoms with Gasteiger partial charge in [0.2, 0.25) is 5.24 Å². The molecule has 1 fully saturated rings. The Morgan fingerprint density at radius 2 is 1.90 bits per heavy atom. The van der Waals surface area contributed by atoms with Crippen molar-refractivity contribution in [2.75, 3.05) is 26.2 Å². The van der Waals surface area contributed by atoms with Gasteiger partial charge in [0.05, 0.1) is 12.5 Å². The first-order chi connectivity index (χ1) is 15.0. The molecule has 1 aliphatic heterocycles. The van der Waals surface area contributed by atoms with E-state index in [4.69, 9.17) is 27.9 Å². The summed E-state index contributed by atoms with van der Waals surface area (Å²) >= 11 is 11.6. The molecule has 1 aliphatic carbocycles. The number of hydrogen-bond donors (Lipinski definition) is 0. The number of rotatable bonds is 9. The lowest BCUT2D eigenvalue weighted by Crippen LogP contribution is -2.49. The van der Waals surface area contributed by atoms with Gasteiger partial charge in [0, 0.05) is 24.7 Å². The van der Waals surface area contributed by atoms with Gasteiger partial charge in [0.15, 0.2) is 0 Å². The summed E-state index contributed by atoms with van der Waals surface area (Å²) in [6.07, 6.45) is 5.11. The van der Waals surface area contributed by atoms with Crippen LogP contribution in [0.25, 0.3) is 5.57 Å². The zero-order chi connectivity index (χ0) is 21.8. The molecular formula is C26H29Cl2NO2. The van der Waals surface area contributed by atoms with E-state index < -0.39 is 0 Å². The molecule has 3 nitrogen and oxygen atoms in total. The fourth-order valence-corrected chi connectivity index (χ4v) is 4.90. The Kier molecular flexibility index (Phi) is 7.37. The van der Waals surface area contributed by atoms with E-state index in [2.05, 4.69) is 42.2 Å². The normalized spacial score (nSPS) is 16.7. The molecule has 0 aromatic heterocycles. The zero-order valence-corrected chi connectivity index (χ0v) is 19.5. The number of halogens is 2. The number of allylic oxidation sites excluding steroid dienone is 1. The van der Waals surface area contributed by atoms with Gasteiger partial charge in [-0.15, -0.1) is 0 Å². The minimum Gasteiger partial charge on any atom is -0.494 e. The summed E-state index contributed by atoms with van der Waals surface area (Å²) in [5.41, 5.74) is 6.99. The minimum absolute atomic E-state index is 0.0163. The molecule has 1 heterocycles. The fraction of sp³-hybridized carbons (Fsp3) is 0.423. The molecule has 0 amide bonds. The number of carbonyl (C=O) groups excluding carboxylic acids is 1. The first-order valence-corrected chi connectivity index (χ1v) is 11.9. The molecule has 2 aliphatic rings. The third-order valence-electron chi connectivity index (χ3n) is 6.36. The summed E-state index contributed by atoms with van der Waals surface area (Å²) in [6.45, 7) is 5.47. The average molecular weight is 458 g/mol. The smallest absolute Gasteiger partial charge is 0.227 e. The molecule has 0 unspecified atom stereocenters. The van der Waals surface area contributed by atoms with Gasteiger partial charge in [-0.05, 0) is 90.2 Å². The van der Waals surface area contributed by atoms with Crippen LogP contribution in [0.5, 0.6) is 5.75 Å². The van der Waals surface area contributed by atoms with E-state index in [1.807, 2.05) is 12.1 Å². The molecule has 1 saturated heterocycles. The quantitative estimate of drug-likeness (QED) is 0.333. The summed E-state index contributed by atoms with van der Waals surface area (Å²) in [4.78, 5) is 13.6. The average Bonchev–Trinajstić information content (AvgIpc) is 2.74. The van der Waals surface area contributed by atoms with Gasteiger partial charge in [-0.1, -0.05) is 42.3 Å². The van der Waals surface area contributed by atoms with Crippen LogP contribution in [-0.4, -0.2) is 36.4 Å². The number of benzene rings is 2. The zero-order valence-electron chi connectivity index (χ0n) is 18.0. The molecule has 0 spiro atoms. The van der Waals surface area contributed by atoms with Crippen molar-refractivity contribution in [2.24, 2.45) is 5.92 Å². The highest BCUT2D eigenvalue weighted by atomic mass is 35.5. The van der Waals surface area contributed by atoms with Crippen LogP contribution >= 0.6 is 23.2 Å². The van der Waals surface area contributed by atoms with Crippen molar-refractivity contribution in [3.63, 3.8) is 0 Å². The standard InChI is InChI=1S/C26H29Cl2NO2/c1-2-24-20(15-29-16-21(17-29)26(28)30)8-7-19-14-23(11-12-25(19)24)31-13-3-4-18-5-9-22(27)10-6-18/h5-6,9-12,14,21H,2-4,7-8,13,15-17H2,1H3. The third-order valence-corrected chi connectivity index (χ3v) is 6.92. The number of nitrogens with zero attached hydrogens (tertiary/aromatic N) is 1. The summed E-state index contributed by atoms with van der Waals surface area (Å²) < 4.78 is 6.04. The minimum atomic E-state index is -0.198. The molecule has 4 rings (SSSR count). The highest BCUT2D eigenvalue weighted by molar-refractivity contribution is 6.64. The monoisotopic (exact) mass is 457 g/mol. The number of aryl methyl sites for hydroxylation is 2. The number of hydrogen-bond acceptors (Lipinski definition) is 3. The van der Waals surface area contributed by atoms with Crippen LogP contribution in [0.4, 0.5) is 0 Å². The lowest BCUT2D eigenvalue weighted by molar-refractivity contribution is -0.119. The van der Waals surface area contributed by atoms with E-state index in [-0.39, 0.29) is 11.2 Å². The van der Waals surface area contributed by atoms with E-state index >= 15 is 0 Å². The largest absolute Gasteiger partial charge is 0.494 e. The summed E-state index contributed by atoms with van der Waals surface area (Å²) in [5.74, 6) is 0.975. The Morgan fingerprint density at radius 1 is 1.13 bits per heavy atom. The summed E-state index contributed by atoms with van der Waals surface area (Å²) in [5, 5.41) is 0.577. The SMILES string of the molecule is CCC1=C(CN2CC(C(=O)Cl)C2)CCc2cc(OCCCc3ccc(Cl)cc3)ccc21. The maximum absolute atomic E-state index is 11.3. The Bertz CT molecular complexity index is 962. The van der Waals surface area contributed by atoms with E-state index in [0.29, 0.717) is 6.61 Å². The molecule has 0 radical (unpaired) electrons. The van der Waals surface area contributed by atoms with Gasteiger partial charge in [-0.3, -0.25) is 9.69 Å². The van der Waals surface area contributed by atoms with Crippen LogP contribution in [0.15, 0.2) is 48.0 Å². The summed E-state index contributed by atoms with van der Waals surface area (Å²) in [7, 11) is 0. The lowest BCUT2D eigenvalue weighted by Gasteiger charge is -2.39. The van der Waals surface area contributed by atoms with Crippen molar-refractivity contribution < 1.29 is 9.53 Å². The highest BCUT2D eigenvalue weighted by Crippen LogP contribution is 2.36. The van der Waals surface area contributed by atoms with Crippen molar-refractivity contribution >= 4 is 34.0 Å². The Labute approximate surface area is 195 Å². The molecule has 2 aromatic rings. The first-order valence-electron chi connectivity index (χ1n) is 11.2. The second-order valence-electron chi connectivity index (χ2n) is 8.53. The number of ether oxygens (including phenoxy) is 1. The maximum Gasteiger partial charge on any atom is 0.227 e. The fourth-order valence-electron chi connectivity index (χ4n) is 4.63. The van der Waals surface area contributed by atoms with Crippen molar-refractivity contribution in [1.29, 1.82) is 0 Å². The van der Waals surface area contributed by atoms with Gasteiger partial charge < -0.3 is 4.74 Å². The van der Waals surface area contributed by atoms with Crippen LogP contribution < -0.4 is 4.74 Å². The molecule has 5 heteroatoms. The lowest BCUT2D eigenvalue weighted by atomic mass is 9.83. The summed E-state index contributed by atoms with van der Waals surface area (Å²) in [6, 6.07) is 14.6. The number of likely N-dealkylation sites (tertiary alicyclic amines) is 1. The van der Waals surface area contributed by atoms with Crippen LogP contribution in [0.3, 0.4) is 0 Å². The molecule has 0 N–H and O–H groups in total. The molecule has 31 heavy (non-hydrogen) atoms. The van der Waals surface area contributed by atoms with Gasteiger partial charge in [-0.2, -0.15) is 0 Å². The topological polar surface area (TPSA) is 29.5 Å². The van der Waals surface area contributed by atoms with Gasteiger partial charge in [0.1, 0.15) is 5.75 Å². The molecule has 0 bridgehead atoms. The Hall–Kier alpha value is -1.81. The third kappa shape index (κ3) is 5.52. The van der Waals surface area contributed by atoms with Crippen LogP contribution in [0.2, 0.25) is 5.02 Å². The molecular weight excluding hydrogens is 429 g/mol. The molecule has 0 atom stereocenters.